The van der Waals surface area contributed by atoms with Crippen molar-refractivity contribution in [2.24, 2.45) is 0 Å². The molecule has 1 N–H and O–H groups in total. The van der Waals surface area contributed by atoms with E-state index in [0.717, 1.165) is 18.2 Å². The fraction of sp³-hybridized carbons (Fsp3) is 0. The van der Waals surface area contributed by atoms with E-state index >= 15 is 0 Å². The molecule has 0 saturated carbocycles. The van der Waals surface area contributed by atoms with Crippen molar-refractivity contribution in [1.29, 1.82) is 4.78 Å². The molecule has 0 aliphatic rings. The van der Waals surface area contributed by atoms with Gasteiger partial charge in [0.15, 0.2) is 11.6 Å². The Morgan fingerprint density at radius 2 is 1.91 bits per heavy atom. The molecule has 1 aromatic rings. The first kappa shape index (κ1) is 8.13. The standard InChI is InChI=1S/C6H4F2NOS/c7-5-2-1-4(11(9)10)3-6(5)8/h1-3,9H/q-1. The molecule has 0 saturated heterocycles. The lowest BCUT2D eigenvalue weighted by Crippen LogP contribution is -1.85. The van der Waals surface area contributed by atoms with Gasteiger partial charge in [0.25, 0.3) is 0 Å². The van der Waals surface area contributed by atoms with Crippen molar-refractivity contribution < 1.29 is 13.0 Å². The predicted molar refractivity (Wildman–Crippen MR) is 35.4 cm³/mol. The molecule has 0 spiro atoms. The summed E-state index contributed by atoms with van der Waals surface area (Å²) in [7, 11) is -2.00. The van der Waals surface area contributed by atoms with Crippen molar-refractivity contribution in [2.45, 2.75) is 4.90 Å². The van der Waals surface area contributed by atoms with E-state index in [1.54, 1.807) is 0 Å². The van der Waals surface area contributed by atoms with Crippen LogP contribution in [0.25, 0.3) is 0 Å². The van der Waals surface area contributed by atoms with Crippen LogP contribution in [0.2, 0.25) is 0 Å². The lowest BCUT2D eigenvalue weighted by molar-refractivity contribution is 0.505. The van der Waals surface area contributed by atoms with Gasteiger partial charge < -0.3 is 8.99 Å². The van der Waals surface area contributed by atoms with Crippen LogP contribution in [-0.2, 0) is 14.8 Å². The molecule has 0 atom stereocenters. The van der Waals surface area contributed by atoms with Crippen molar-refractivity contribution >= 4 is 10.6 Å². The van der Waals surface area contributed by atoms with E-state index in [-0.39, 0.29) is 4.90 Å². The molecule has 0 unspecified atom stereocenters. The Morgan fingerprint density at radius 3 is 2.36 bits per heavy atom. The second-order valence-electron chi connectivity index (χ2n) is 1.84. The fourth-order valence-corrected chi connectivity index (χ4v) is 0.994. The molecule has 11 heavy (non-hydrogen) atoms. The number of nitrogens with one attached hydrogen (secondary N) is 1. The van der Waals surface area contributed by atoms with Crippen LogP contribution >= 0.6 is 0 Å². The molecule has 2 nitrogen and oxygen atoms in total. The van der Waals surface area contributed by atoms with Crippen LogP contribution in [0.3, 0.4) is 0 Å². The maximum atomic E-state index is 12.3. The van der Waals surface area contributed by atoms with Crippen molar-refractivity contribution in [3.63, 3.8) is 0 Å². The van der Waals surface area contributed by atoms with Gasteiger partial charge in [-0.1, -0.05) is 11.0 Å². The van der Waals surface area contributed by atoms with Crippen molar-refractivity contribution in [3.05, 3.63) is 29.8 Å². The highest BCUT2D eigenvalue weighted by atomic mass is 32.2. The summed E-state index contributed by atoms with van der Waals surface area (Å²) < 4.78 is 41.6. The van der Waals surface area contributed by atoms with Gasteiger partial charge in [-0.25, -0.2) is 8.78 Å². The quantitative estimate of drug-likeness (QED) is 0.653. The molecule has 0 bridgehead atoms. The average molecular weight is 176 g/mol. The Bertz CT molecular complexity index is 340. The summed E-state index contributed by atoms with van der Waals surface area (Å²) >= 11 is 0. The molecule has 0 amide bonds. The monoisotopic (exact) mass is 176 g/mol. The maximum absolute atomic E-state index is 12.3. The van der Waals surface area contributed by atoms with Crippen LogP contribution < -0.4 is 0 Å². The van der Waals surface area contributed by atoms with Crippen LogP contribution in [0.4, 0.5) is 8.78 Å². The van der Waals surface area contributed by atoms with Gasteiger partial charge in [0.05, 0.1) is 0 Å². The number of hydrogen-bond donors (Lipinski definition) is 1. The molecule has 0 aliphatic carbocycles. The Kier molecular flexibility index (Phi) is 2.19. The molecule has 5 heteroatoms. The Morgan fingerprint density at radius 1 is 1.27 bits per heavy atom. The normalized spacial score (nSPS) is 10.5. The van der Waals surface area contributed by atoms with Gasteiger partial charge in [0.1, 0.15) is 0 Å². The number of rotatable bonds is 1. The summed E-state index contributed by atoms with van der Waals surface area (Å²) in [5.41, 5.74) is 0. The molecule has 60 valence electrons. The first-order valence-electron chi connectivity index (χ1n) is 2.69. The Labute approximate surface area is 63.9 Å². The average Bonchev–Trinajstić information content (AvgIpc) is 1.94. The summed E-state index contributed by atoms with van der Waals surface area (Å²) in [6.07, 6.45) is 0. The SMILES string of the molecule is N=[S-](=O)c1ccc(F)c(F)c1. The molecule has 1 aromatic carbocycles. The number of benzene rings is 1. The Hall–Kier alpha value is -0.970. The largest absolute Gasteiger partial charge is 0.440 e. The van der Waals surface area contributed by atoms with Crippen LogP contribution in [0.5, 0.6) is 0 Å². The minimum atomic E-state index is -2.00. The highest BCUT2D eigenvalue weighted by Gasteiger charge is 1.97. The van der Waals surface area contributed by atoms with Crippen LogP contribution in [-0.4, -0.2) is 0 Å². The highest BCUT2D eigenvalue weighted by molar-refractivity contribution is 7.73. The molecule has 0 radical (unpaired) electrons. The molecular formula is C6H4F2NOS-. The van der Waals surface area contributed by atoms with Gasteiger partial charge in [-0.2, -0.15) is 10.6 Å². The smallest absolute Gasteiger partial charge is 0.158 e. The van der Waals surface area contributed by atoms with Crippen LogP contribution in [0.1, 0.15) is 0 Å². The third-order valence-corrected chi connectivity index (χ3v) is 1.79. The zero-order valence-corrected chi connectivity index (χ0v) is 6.12. The lowest BCUT2D eigenvalue weighted by atomic mass is 10.3. The van der Waals surface area contributed by atoms with Crippen molar-refractivity contribution in [1.82, 2.24) is 0 Å². The zero-order valence-electron chi connectivity index (χ0n) is 5.30. The molecule has 1 rings (SSSR count). The minimum Gasteiger partial charge on any atom is -0.440 e. The van der Waals surface area contributed by atoms with Gasteiger partial charge in [-0.15, -0.1) is 0 Å². The first-order chi connectivity index (χ1) is 5.11. The number of halogens is 2. The summed E-state index contributed by atoms with van der Waals surface area (Å²) in [5, 5.41) is 0. The second-order valence-corrected chi connectivity index (χ2v) is 2.85. The third-order valence-electron chi connectivity index (χ3n) is 1.11. The van der Waals surface area contributed by atoms with Gasteiger partial charge >= 0.3 is 0 Å². The van der Waals surface area contributed by atoms with Gasteiger partial charge in [-0.05, 0) is 12.1 Å². The Balaban J connectivity index is 3.26. The molecule has 0 fully saturated rings. The van der Waals surface area contributed by atoms with E-state index in [1.165, 1.54) is 0 Å². The summed E-state index contributed by atoms with van der Waals surface area (Å²) in [6.45, 7) is 0. The topological polar surface area (TPSA) is 40.9 Å². The van der Waals surface area contributed by atoms with E-state index in [4.69, 9.17) is 4.78 Å². The predicted octanol–water partition coefficient (Wildman–Crippen LogP) is 2.05. The summed E-state index contributed by atoms with van der Waals surface area (Å²) in [5.74, 6) is -2.08. The minimum absolute atomic E-state index is 0.0381. The van der Waals surface area contributed by atoms with E-state index < -0.39 is 22.2 Å². The second kappa shape index (κ2) is 2.96. The van der Waals surface area contributed by atoms with Crippen LogP contribution in [0, 0.1) is 16.4 Å². The van der Waals surface area contributed by atoms with Crippen molar-refractivity contribution in [2.75, 3.05) is 0 Å². The molecule has 0 aliphatic heterocycles. The lowest BCUT2D eigenvalue weighted by Gasteiger charge is -2.00. The fourth-order valence-electron chi connectivity index (χ4n) is 0.592. The van der Waals surface area contributed by atoms with Gasteiger partial charge in [0, 0.05) is 0 Å². The first-order valence-corrected chi connectivity index (χ1v) is 3.84. The van der Waals surface area contributed by atoms with E-state index in [0.29, 0.717) is 0 Å². The molecular weight excluding hydrogens is 172 g/mol. The van der Waals surface area contributed by atoms with Crippen LogP contribution in [0.15, 0.2) is 23.1 Å². The van der Waals surface area contributed by atoms with E-state index in [2.05, 4.69) is 0 Å². The van der Waals surface area contributed by atoms with Gasteiger partial charge in [0.2, 0.25) is 0 Å². The van der Waals surface area contributed by atoms with Gasteiger partial charge in [-0.3, -0.25) is 0 Å². The third kappa shape index (κ3) is 1.74. The van der Waals surface area contributed by atoms with E-state index in [9.17, 15) is 13.0 Å². The summed E-state index contributed by atoms with van der Waals surface area (Å²) in [4.78, 5) is -0.0381. The highest BCUT2D eigenvalue weighted by Crippen LogP contribution is 2.09. The summed E-state index contributed by atoms with van der Waals surface area (Å²) in [6, 6.07) is 2.71. The number of hydrogen-bond acceptors (Lipinski definition) is 3. The molecule has 0 heterocycles. The zero-order chi connectivity index (χ0) is 8.43. The maximum Gasteiger partial charge on any atom is 0.158 e. The molecule has 0 aromatic heterocycles. The van der Waals surface area contributed by atoms with Crippen molar-refractivity contribution in [3.8, 4) is 0 Å². The van der Waals surface area contributed by atoms with E-state index in [1.807, 2.05) is 0 Å².